The number of likely N-dealkylation sites (N-methyl/N-ethyl adjacent to an activating group) is 1. The number of ether oxygens (including phenoxy) is 1. The predicted molar refractivity (Wildman–Crippen MR) is 211 cm³/mol. The van der Waals surface area contributed by atoms with E-state index in [-0.39, 0.29) is 54.9 Å². The molecule has 0 radical (unpaired) electrons. The zero-order chi connectivity index (χ0) is 41.6. The fourth-order valence-electron chi connectivity index (χ4n) is 9.15. The third-order valence-electron chi connectivity index (χ3n) is 12.0. The van der Waals surface area contributed by atoms with Gasteiger partial charge in [0.2, 0.25) is 17.8 Å². The molecule has 20 heteroatoms. The summed E-state index contributed by atoms with van der Waals surface area (Å²) in [6.45, 7) is 2.11. The lowest BCUT2D eigenvalue weighted by Crippen LogP contribution is -2.72. The Bertz CT molecular complexity index is 2690. The monoisotopic (exact) mass is 825 g/mol. The smallest absolute Gasteiger partial charge is 0.255 e. The molecule has 0 unspecified atom stereocenters. The molecule has 310 valence electrons. The van der Waals surface area contributed by atoms with E-state index in [4.69, 9.17) is 29.7 Å². The number of carbonyl (C=O) groups is 2. The van der Waals surface area contributed by atoms with Crippen molar-refractivity contribution in [1.29, 1.82) is 0 Å². The number of amides is 2. The van der Waals surface area contributed by atoms with E-state index in [1.54, 1.807) is 30.2 Å². The molecule has 6 bridgehead atoms. The number of imidazole rings is 1. The van der Waals surface area contributed by atoms with E-state index < -0.39 is 48.7 Å². The van der Waals surface area contributed by atoms with Gasteiger partial charge in [0, 0.05) is 52.1 Å². The molecule has 0 saturated carbocycles. The number of carbonyl (C=O) groups excluding carboxylic acids is 2. The minimum absolute atomic E-state index is 0.0424. The first-order chi connectivity index (χ1) is 28.9. The van der Waals surface area contributed by atoms with Crippen LogP contribution in [0, 0.1) is 18.6 Å². The highest BCUT2D eigenvalue weighted by atomic mass is 19.3. The molecule has 0 spiro atoms. The van der Waals surface area contributed by atoms with Crippen molar-refractivity contribution < 1.29 is 31.9 Å². The van der Waals surface area contributed by atoms with Crippen molar-refractivity contribution in [3.63, 3.8) is 0 Å². The molecule has 10 rings (SSSR count). The summed E-state index contributed by atoms with van der Waals surface area (Å²) >= 11 is 0. The first-order valence-electron chi connectivity index (χ1n) is 19.6. The number of pyridine rings is 2. The van der Waals surface area contributed by atoms with Gasteiger partial charge in [0.25, 0.3) is 6.43 Å². The number of alkyl halides is 2. The summed E-state index contributed by atoms with van der Waals surface area (Å²) in [4.78, 5) is 58.9. The van der Waals surface area contributed by atoms with Crippen LogP contribution in [0.2, 0.25) is 0 Å². The van der Waals surface area contributed by atoms with Crippen LogP contribution < -0.4 is 15.1 Å². The van der Waals surface area contributed by atoms with E-state index in [0.29, 0.717) is 47.8 Å². The van der Waals surface area contributed by atoms with Crippen LogP contribution in [0.1, 0.15) is 18.7 Å². The van der Waals surface area contributed by atoms with E-state index in [1.165, 1.54) is 16.9 Å². The zero-order valence-electron chi connectivity index (χ0n) is 32.7. The minimum Gasteiger partial charge on any atom is -0.378 e. The number of hydrogen-bond acceptors (Lipinski definition) is 12. The Morgan fingerprint density at radius 2 is 1.80 bits per heavy atom. The van der Waals surface area contributed by atoms with Gasteiger partial charge < -0.3 is 34.2 Å². The Balaban J connectivity index is 1.09. The molecule has 5 atom stereocenters. The Hall–Kier alpha value is -6.44. The van der Waals surface area contributed by atoms with E-state index in [2.05, 4.69) is 10.4 Å². The molecule has 4 aliphatic heterocycles. The van der Waals surface area contributed by atoms with Crippen LogP contribution in [0.15, 0.2) is 54.9 Å². The van der Waals surface area contributed by atoms with Crippen LogP contribution in [-0.4, -0.2) is 138 Å². The number of piperazine rings is 1. The maximum absolute atomic E-state index is 15.4. The van der Waals surface area contributed by atoms with Gasteiger partial charge in [-0.3, -0.25) is 14.6 Å². The van der Waals surface area contributed by atoms with Gasteiger partial charge in [-0.1, -0.05) is 6.07 Å². The van der Waals surface area contributed by atoms with Gasteiger partial charge in [-0.15, -0.1) is 0 Å². The Morgan fingerprint density at radius 1 is 0.950 bits per heavy atom. The minimum atomic E-state index is -2.69. The summed E-state index contributed by atoms with van der Waals surface area (Å²) in [5.41, 5.74) is 2.89. The van der Waals surface area contributed by atoms with Crippen molar-refractivity contribution >= 4 is 51.5 Å². The predicted octanol–water partition coefficient (Wildman–Crippen LogP) is 3.81. The molecular weight excluding hydrogens is 787 g/mol. The molecule has 3 fully saturated rings. The maximum atomic E-state index is 15.4. The fraction of sp³-hybridized carbons (Fsp3) is 0.400. The van der Waals surface area contributed by atoms with E-state index in [1.807, 2.05) is 40.7 Å². The number of aromatic nitrogens is 8. The lowest BCUT2D eigenvalue weighted by Gasteiger charge is -2.55. The Labute approximate surface area is 339 Å². The fourth-order valence-corrected chi connectivity index (χ4v) is 9.15. The van der Waals surface area contributed by atoms with Crippen LogP contribution in [0.25, 0.3) is 39.1 Å². The van der Waals surface area contributed by atoms with Crippen molar-refractivity contribution in [2.45, 2.75) is 63.0 Å². The molecule has 60 heavy (non-hydrogen) atoms. The number of rotatable bonds is 6. The molecule has 5 aromatic heterocycles. The third-order valence-corrected chi connectivity index (χ3v) is 12.0. The molecule has 4 aliphatic rings. The molecule has 9 heterocycles. The summed E-state index contributed by atoms with van der Waals surface area (Å²) in [6.07, 6.45) is 0.760. The van der Waals surface area contributed by atoms with Gasteiger partial charge in [-0.25, -0.2) is 32.2 Å². The number of nitrogens with one attached hydrogen (secondary N) is 1. The summed E-state index contributed by atoms with van der Waals surface area (Å²) in [7, 11) is 3.32. The van der Waals surface area contributed by atoms with E-state index in [9.17, 15) is 22.8 Å². The topological polar surface area (TPSA) is 156 Å². The first-order valence-corrected chi connectivity index (χ1v) is 19.6. The number of nitrogens with zero attached hydrogens (tertiary/aromatic N) is 12. The summed E-state index contributed by atoms with van der Waals surface area (Å²) in [6, 6.07) is 8.24. The first kappa shape index (κ1) is 37.8. The molecular formula is C40H39F4N13O3. The molecule has 6 aromatic rings. The Morgan fingerprint density at radius 3 is 2.58 bits per heavy atom. The molecule has 2 amide bonds. The number of piperidine rings is 1. The zero-order valence-corrected chi connectivity index (χ0v) is 32.7. The van der Waals surface area contributed by atoms with Gasteiger partial charge in [0.05, 0.1) is 53.5 Å². The third kappa shape index (κ3) is 6.22. The van der Waals surface area contributed by atoms with Crippen molar-refractivity contribution in [1.82, 2.24) is 49.1 Å². The molecule has 1 aromatic carbocycles. The molecule has 0 aliphatic carbocycles. The summed E-state index contributed by atoms with van der Waals surface area (Å²) in [5.74, 6) is -0.675. The van der Waals surface area contributed by atoms with Gasteiger partial charge in [0.1, 0.15) is 46.7 Å². The van der Waals surface area contributed by atoms with Crippen LogP contribution in [-0.2, 0) is 20.9 Å². The van der Waals surface area contributed by atoms with Crippen molar-refractivity contribution in [2.75, 3.05) is 55.5 Å². The number of anilines is 3. The number of benzene rings is 1. The second kappa shape index (κ2) is 14.4. The Kier molecular flexibility index (Phi) is 9.06. The van der Waals surface area contributed by atoms with Gasteiger partial charge >= 0.3 is 0 Å². The number of likely N-dealkylation sites (tertiary alicyclic amines) is 1. The standard InChI is InChI=1S/C40H39F4N13O3/c1-20-47-28-9-10-45-34-27-5-4-6-33(49-27)48-22-12-30(38(58)52(2)17-24(60-3)18-54(20)35(28)34)55(15-22)36-25-14-46-57(29-8-7-21(41)11-26(29)42)37(25)51-40(50-36)56-23-13-31(56)39(59)53(16-23)19-32(43)44/h4-11,14,22-24,30-32H,12-13,15-19H2,1-3H3,(H,48,49)/t22-,23-,24-,30-,31+/m0/s1. The normalized spacial score (nSPS) is 23.0. The SMILES string of the molecule is CO[C@H]1CN(C)C(=O)[C@@H]2C[C@@H](CN2c2nc(N3[C@H]4C[C@@H]3C(=O)N(CC(F)F)C4)nc3c2cnn3-c2ccc(F)cc2F)Nc2cccc(n2)-c2nccc3nc(C)n(c23)C1. The molecule has 3 saturated heterocycles. The summed E-state index contributed by atoms with van der Waals surface area (Å²) < 4.78 is 65.6. The lowest BCUT2D eigenvalue weighted by molar-refractivity contribution is -0.142. The van der Waals surface area contributed by atoms with Gasteiger partial charge in [-0.05, 0) is 50.1 Å². The number of fused-ring (bicyclic) bond motifs is 8. The largest absolute Gasteiger partial charge is 0.378 e. The lowest BCUT2D eigenvalue weighted by atomic mass is 9.87. The van der Waals surface area contributed by atoms with Crippen LogP contribution in [0.3, 0.4) is 0 Å². The van der Waals surface area contributed by atoms with E-state index in [0.717, 1.165) is 33.9 Å². The quantitative estimate of drug-likeness (QED) is 0.243. The second-order valence-electron chi connectivity index (χ2n) is 15.7. The molecule has 1 N–H and O–H groups in total. The average Bonchev–Trinajstić information content (AvgIpc) is 3.92. The van der Waals surface area contributed by atoms with Gasteiger partial charge in [-0.2, -0.15) is 15.1 Å². The number of methoxy groups -OCH3 is 1. The van der Waals surface area contributed by atoms with Gasteiger partial charge in [0.15, 0.2) is 11.5 Å². The molecule has 16 nitrogen and oxygen atoms in total. The number of hydrogen-bond donors (Lipinski definition) is 1. The highest BCUT2D eigenvalue weighted by Crippen LogP contribution is 2.41. The maximum Gasteiger partial charge on any atom is 0.255 e. The van der Waals surface area contributed by atoms with Crippen LogP contribution in [0.4, 0.5) is 35.1 Å². The summed E-state index contributed by atoms with van der Waals surface area (Å²) in [5, 5.41) is 8.38. The van der Waals surface area contributed by atoms with E-state index >= 15 is 4.39 Å². The number of halogens is 4. The van der Waals surface area contributed by atoms with Crippen LogP contribution in [0.5, 0.6) is 0 Å². The van der Waals surface area contributed by atoms with Crippen LogP contribution >= 0.6 is 0 Å². The highest BCUT2D eigenvalue weighted by molar-refractivity contribution is 5.95. The number of aryl methyl sites for hydroxylation is 1. The average molecular weight is 826 g/mol. The second-order valence-corrected chi connectivity index (χ2v) is 15.7. The highest BCUT2D eigenvalue weighted by Gasteiger charge is 2.52. The van der Waals surface area contributed by atoms with Crippen molar-refractivity contribution in [2.24, 2.45) is 0 Å². The van der Waals surface area contributed by atoms with Crippen molar-refractivity contribution in [3.8, 4) is 17.1 Å². The van der Waals surface area contributed by atoms with Crippen molar-refractivity contribution in [3.05, 3.63) is 72.3 Å².